The van der Waals surface area contributed by atoms with Gasteiger partial charge in [0.25, 0.3) is 41.4 Å². The number of ketones is 1. The second-order valence-corrected chi connectivity index (χ2v) is 33.2. The van der Waals surface area contributed by atoms with Crippen molar-refractivity contribution in [2.24, 2.45) is 9.98 Å². The van der Waals surface area contributed by atoms with Crippen LogP contribution < -0.4 is 36.1 Å². The van der Waals surface area contributed by atoms with Gasteiger partial charge >= 0.3 is 11.9 Å². The largest absolute Gasteiger partial charge is 0.483 e. The van der Waals surface area contributed by atoms with Crippen LogP contribution in [0.1, 0.15) is 265 Å². The van der Waals surface area contributed by atoms with Gasteiger partial charge in [-0.3, -0.25) is 102 Å². The molecule has 6 aliphatic heterocycles. The van der Waals surface area contributed by atoms with E-state index in [1.807, 2.05) is 47.2 Å². The van der Waals surface area contributed by atoms with Crippen LogP contribution in [0.25, 0.3) is 10.0 Å². The van der Waals surface area contributed by atoms with Crippen LogP contribution in [-0.2, 0) is 43.1 Å². The first-order valence-corrected chi connectivity index (χ1v) is 43.3. The van der Waals surface area contributed by atoms with Gasteiger partial charge in [0.05, 0.1) is 52.1 Å². The van der Waals surface area contributed by atoms with Crippen LogP contribution >= 0.6 is 45.9 Å². The maximum atomic E-state index is 13.6. The maximum Gasteiger partial charge on any atom is 0.346 e. The first kappa shape index (κ1) is 90.9. The third-order valence-electron chi connectivity index (χ3n) is 21.6. The zero-order valence-corrected chi connectivity index (χ0v) is 72.4. The number of aryl methyl sites for hydroxylation is 2. The topological polar surface area (TPSA) is 440 Å². The molecule has 6 aliphatic rings. The Morgan fingerprint density at radius 3 is 1.32 bits per heavy atom. The summed E-state index contributed by atoms with van der Waals surface area (Å²) < 4.78 is 19.9. The van der Waals surface area contributed by atoms with E-state index in [-0.39, 0.29) is 114 Å². The number of imide groups is 4. The molecule has 6 N–H and O–H groups in total. The Bertz CT molecular complexity index is 5600. The number of carboxylic acids is 1. The summed E-state index contributed by atoms with van der Waals surface area (Å²) in [6.45, 7) is 11.8. The Labute approximate surface area is 730 Å². The lowest BCUT2D eigenvalue weighted by molar-refractivity contribution is -0.141. The molecule has 0 radical (unpaired) electrons. The number of hydrogen-bond donors (Lipinski definition) is 6. The number of esters is 1. The minimum Gasteiger partial charge on any atom is -0.483 e. The number of carboxylic acid groups (broad SMARTS) is 1. The average molecular weight is 1770 g/mol. The molecule has 124 heavy (non-hydrogen) atoms. The molecular weight excluding hydrogens is 1680 g/mol. The van der Waals surface area contributed by atoms with E-state index in [0.29, 0.717) is 85.4 Å². The number of nitrogens with zero attached hydrogens (tertiary/aromatic N) is 10. The molecule has 37 heteroatoms. The number of amides is 11. The zero-order chi connectivity index (χ0) is 88.7. The predicted molar refractivity (Wildman–Crippen MR) is 457 cm³/mol. The summed E-state index contributed by atoms with van der Waals surface area (Å²) in [7, 11) is 1.33. The fourth-order valence-corrected chi connectivity index (χ4v) is 18.1. The van der Waals surface area contributed by atoms with Gasteiger partial charge in [-0.25, -0.2) is 4.79 Å². The van der Waals surface area contributed by atoms with Gasteiger partial charge in [0.15, 0.2) is 24.9 Å². The Kier molecular flexibility index (Phi) is 30.2. The van der Waals surface area contributed by atoms with E-state index < -0.39 is 83.4 Å². The first-order valence-electron chi connectivity index (χ1n) is 40.9. The fourth-order valence-electron chi connectivity index (χ4n) is 15.4. The summed E-state index contributed by atoms with van der Waals surface area (Å²) in [6.07, 6.45) is 13.6. The molecular formula is C87H93Cl2N15O18S2. The molecule has 2 saturated heterocycles. The van der Waals surface area contributed by atoms with Crippen LogP contribution in [0, 0.1) is 27.7 Å². The summed E-state index contributed by atoms with van der Waals surface area (Å²) in [5, 5.41) is 42.4. The number of nitrogens with one attached hydrogen (secondary N) is 5. The van der Waals surface area contributed by atoms with E-state index in [0.717, 1.165) is 106 Å². The highest BCUT2D eigenvalue weighted by Gasteiger charge is 2.48. The quantitative estimate of drug-likeness (QED) is 0.0126. The number of Topliss-reactive ketones (excluding diaryl/α,β-unsaturated/α-hetero) is 1. The van der Waals surface area contributed by atoms with Gasteiger partial charge in [0.2, 0.25) is 23.6 Å². The molecule has 0 saturated carbocycles. The molecule has 4 aromatic heterocycles. The van der Waals surface area contributed by atoms with Crippen LogP contribution in [0.2, 0.25) is 10.0 Å². The first-order chi connectivity index (χ1) is 59.6. The number of methoxy groups -OCH3 is 1. The van der Waals surface area contributed by atoms with Crippen molar-refractivity contribution in [2.75, 3.05) is 40.0 Å². The summed E-state index contributed by atoms with van der Waals surface area (Å²) in [5.74, 6) is -4.85. The Morgan fingerprint density at radius 1 is 0.508 bits per heavy atom. The number of halogens is 2. The molecule has 0 bridgehead atoms. The van der Waals surface area contributed by atoms with Crippen molar-refractivity contribution >= 4 is 140 Å². The number of aromatic carboxylic acids is 1. The highest BCUT2D eigenvalue weighted by atomic mass is 35.5. The third-order valence-corrected chi connectivity index (χ3v) is 24.6. The average Bonchev–Trinajstić information content (AvgIpc) is 1.58. The number of fused-ring (bicyclic) bond motifs is 8. The summed E-state index contributed by atoms with van der Waals surface area (Å²) in [6, 6.07) is 20.2. The fraction of sp³-hybridized carbons (Fsp3) is 0.402. The van der Waals surface area contributed by atoms with E-state index in [9.17, 15) is 72.2 Å². The third kappa shape index (κ3) is 20.6. The van der Waals surface area contributed by atoms with Crippen LogP contribution in [0.3, 0.4) is 0 Å². The van der Waals surface area contributed by atoms with Gasteiger partial charge in [-0.05, 0) is 126 Å². The molecule has 650 valence electrons. The molecule has 8 aromatic rings. The highest BCUT2D eigenvalue weighted by Crippen LogP contribution is 2.44. The van der Waals surface area contributed by atoms with Crippen molar-refractivity contribution in [1.82, 2.24) is 65.9 Å². The van der Waals surface area contributed by atoms with Gasteiger partial charge in [0, 0.05) is 71.2 Å². The minimum atomic E-state index is -1.10. The smallest absolute Gasteiger partial charge is 0.346 e. The number of piperidine rings is 2. The van der Waals surface area contributed by atoms with Crippen molar-refractivity contribution in [3.05, 3.63) is 184 Å². The number of benzene rings is 4. The van der Waals surface area contributed by atoms with Crippen molar-refractivity contribution in [1.29, 1.82) is 0 Å². The molecule has 4 atom stereocenters. The van der Waals surface area contributed by atoms with E-state index in [1.54, 1.807) is 44.2 Å². The molecule has 11 amide bonds. The van der Waals surface area contributed by atoms with Crippen molar-refractivity contribution in [2.45, 2.75) is 188 Å². The monoisotopic (exact) mass is 1770 g/mol. The van der Waals surface area contributed by atoms with Gasteiger partial charge in [-0.15, -0.1) is 43.1 Å². The highest BCUT2D eigenvalue weighted by molar-refractivity contribution is 7.17. The van der Waals surface area contributed by atoms with Crippen LogP contribution in [-0.4, -0.2) is 191 Å². The number of hydrogen-bond acceptors (Lipinski definition) is 25. The molecule has 14 rings (SSSR count). The van der Waals surface area contributed by atoms with E-state index in [4.69, 9.17) is 47.4 Å². The Morgan fingerprint density at radius 2 is 0.911 bits per heavy atom. The van der Waals surface area contributed by atoms with Crippen LogP contribution in [0.15, 0.2) is 94.9 Å². The SMILES string of the molecule is CC(=O)C[C@H]1N=C(c2ccc(Cl)cc2)c2c(sc(C(=O)O)c2C)-n2c(C)nnc21.CCCCCCCCCNC(=O)COc1cccc2c1C(=O)N(C1CCC(=O)NC1=O)C2=O.COC(=O)C[C@@H]1N=C(c2ccc(Cl)cc2)c2c(sc(C(=O)NCCCCCCCCNC(=O)COc3cccc4c3C(=O)N(C3CCC(=O)NC3=O)C4=O)c2C)-n2c(C)nnc21. The predicted octanol–water partition coefficient (Wildman–Crippen LogP) is 11.2. The number of unbranched alkanes of at least 4 members (excludes halogenated alkanes) is 11. The van der Waals surface area contributed by atoms with Gasteiger partial charge < -0.3 is 35.3 Å². The molecule has 2 fully saturated rings. The minimum absolute atomic E-state index is 0.00857. The van der Waals surface area contributed by atoms with Crippen LogP contribution in [0.5, 0.6) is 11.5 Å². The van der Waals surface area contributed by atoms with Crippen LogP contribution in [0.4, 0.5) is 0 Å². The number of rotatable bonds is 33. The lowest BCUT2D eigenvalue weighted by Crippen LogP contribution is -2.54. The van der Waals surface area contributed by atoms with Gasteiger partial charge in [0.1, 0.15) is 68.0 Å². The van der Waals surface area contributed by atoms with E-state index in [1.165, 1.54) is 81.4 Å². The lowest BCUT2D eigenvalue weighted by Gasteiger charge is -2.27. The Hall–Kier alpha value is -12.3. The molecule has 10 heterocycles. The molecule has 4 aromatic carbocycles. The van der Waals surface area contributed by atoms with Gasteiger partial charge in [-0.2, -0.15) is 0 Å². The number of carbonyl (C=O) groups is 14. The molecule has 2 unspecified atom stereocenters. The van der Waals surface area contributed by atoms with Crippen molar-refractivity contribution in [3.63, 3.8) is 0 Å². The summed E-state index contributed by atoms with van der Waals surface area (Å²) >= 11 is 14.8. The number of thiophene rings is 2. The number of aromatic nitrogens is 6. The van der Waals surface area contributed by atoms with Crippen molar-refractivity contribution < 1.29 is 86.4 Å². The molecule has 0 spiro atoms. The zero-order valence-electron chi connectivity index (χ0n) is 69.3. The number of carbonyl (C=O) groups excluding carboxylic acids is 13. The maximum absolute atomic E-state index is 13.6. The molecule has 0 aliphatic carbocycles. The summed E-state index contributed by atoms with van der Waals surface area (Å²) in [4.78, 5) is 187. The van der Waals surface area contributed by atoms with Gasteiger partial charge in [-0.1, -0.05) is 131 Å². The number of aliphatic imine (C=N–C) groups is 2. The normalized spacial score (nSPS) is 16.7. The van der Waals surface area contributed by atoms with Crippen molar-refractivity contribution in [3.8, 4) is 21.5 Å². The second-order valence-electron chi connectivity index (χ2n) is 30.4. The Balaban J connectivity index is 0.000000189. The second kappa shape index (κ2) is 41.2. The molecule has 33 nitrogen and oxygen atoms in total. The summed E-state index contributed by atoms with van der Waals surface area (Å²) in [5.41, 5.74) is 5.85. The van der Waals surface area contributed by atoms with E-state index >= 15 is 0 Å². The van der Waals surface area contributed by atoms with E-state index in [2.05, 4.69) is 53.9 Å². The lowest BCUT2D eigenvalue weighted by atomic mass is 9.99. The number of ether oxygens (including phenoxy) is 3. The standard InChI is InChI=1S/C43H45ClN8O9S.C24H31N3O6.C20H17ClN4O3S/c1-23-34-36(25-13-15-26(44)16-14-25)47-28(21-33(55)60-3)38-50-49-24(2)51(38)43(34)62-37(23)40(57)46-20-9-7-5-4-6-8-19-45-32(54)22-61-30-12-10-11-27-35(30)42(59)52(41(27)58)29-17-18-31(53)48-39(29)56;1-2-3-4-5-6-7-8-14-25-20(29)15-33-18-11-9-10-16-21(18)24(32)27(23(16)31)17-12-13-19(28)26-22(17)30;1-9(26)8-14-18-24-23-11(3)25(18)19-15(10(2)17(29-19)20(27)28)16(22-14)12-4-6-13(21)7-5-12/h10-16,28-29H,4-9,17-22H2,1-3H3,(H,45,54)(H,46,57)(H,48,53,56);9-11,17H,2-8,12-15H2,1H3,(H,25,29)(H,26,28,30);4-7,14H,8H2,1-3H3,(H,27,28)/t28-,29?;;14-/m0.1/s1.